The maximum atomic E-state index is 9.53. The van der Waals surface area contributed by atoms with Gasteiger partial charge in [0.2, 0.25) is 0 Å². The summed E-state index contributed by atoms with van der Waals surface area (Å²) < 4.78 is 0. The van der Waals surface area contributed by atoms with Crippen LogP contribution in [0.5, 0.6) is 0 Å². The molecule has 0 atom stereocenters. The van der Waals surface area contributed by atoms with E-state index in [0.29, 0.717) is 0 Å². The van der Waals surface area contributed by atoms with Crippen molar-refractivity contribution in [3.8, 4) is 0 Å². The first kappa shape index (κ1) is 22.9. The molecule has 18 heavy (non-hydrogen) atoms. The molecule has 2 aliphatic carbocycles. The van der Waals surface area contributed by atoms with Gasteiger partial charge in [-0.25, -0.2) is 24.3 Å². The second-order valence-corrected chi connectivity index (χ2v) is 3.06. The molecule has 0 fully saturated rings. The average molecular weight is 324 g/mol. The van der Waals surface area contributed by atoms with Crippen molar-refractivity contribution >= 4 is 0 Å². The molecule has 0 radical (unpaired) electrons. The molecule has 0 N–H and O–H groups in total. The summed E-state index contributed by atoms with van der Waals surface area (Å²) in [6, 6.07) is 0. The van der Waals surface area contributed by atoms with E-state index in [2.05, 4.69) is 31.2 Å². The monoisotopic (exact) mass is 322 g/mol. The van der Waals surface area contributed by atoms with Gasteiger partial charge in [0.15, 0.2) is 0 Å². The van der Waals surface area contributed by atoms with Crippen LogP contribution in [0.1, 0.15) is 39.5 Å². The first-order chi connectivity index (χ1) is 8.41. The number of hydrogen-bond acceptors (Lipinski definition) is 1. The molecular weight excluding hydrogens is 299 g/mol. The predicted molar refractivity (Wildman–Crippen MR) is 73.9 cm³/mol. The van der Waals surface area contributed by atoms with Crippen molar-refractivity contribution in [3.05, 3.63) is 55.5 Å². The minimum Gasteiger partial charge on any atom is -0.854 e. The summed E-state index contributed by atoms with van der Waals surface area (Å²) in [5, 5.41) is 9.53. The van der Waals surface area contributed by atoms with Gasteiger partial charge in [0.05, 0.1) is 0 Å². The number of allylic oxidation sites excluding steroid dienone is 8. The summed E-state index contributed by atoms with van der Waals surface area (Å²) in [6.07, 6.45) is 21.9. The van der Waals surface area contributed by atoms with E-state index in [1.165, 1.54) is 0 Å². The fourth-order valence-electron chi connectivity index (χ4n) is 0.825. The molecule has 0 saturated carbocycles. The molecule has 0 aromatic rings. The van der Waals surface area contributed by atoms with Crippen molar-refractivity contribution in [1.29, 1.82) is 0 Å². The number of hydrogen-bond donors (Lipinski definition) is 0. The Hall–Kier alpha value is -0.197. The quantitative estimate of drug-likeness (QED) is 0.712. The van der Waals surface area contributed by atoms with Gasteiger partial charge in [0.1, 0.15) is 0 Å². The van der Waals surface area contributed by atoms with Gasteiger partial charge in [0, 0.05) is 0 Å². The molecule has 0 heterocycles. The molecule has 0 spiro atoms. The van der Waals surface area contributed by atoms with E-state index in [4.69, 9.17) is 0 Å². The fourth-order valence-corrected chi connectivity index (χ4v) is 0.825. The van der Waals surface area contributed by atoms with Crippen molar-refractivity contribution in [2.45, 2.75) is 39.5 Å². The molecule has 0 aromatic carbocycles. The molecule has 0 unspecified atom stereocenters. The molecule has 98 valence electrons. The van der Waals surface area contributed by atoms with Crippen molar-refractivity contribution in [2.24, 2.45) is 0 Å². The Balaban J connectivity index is -0.000000171. The largest absolute Gasteiger partial charge is 4.00 e. The van der Waals surface area contributed by atoms with Crippen LogP contribution in [0.4, 0.5) is 0 Å². The van der Waals surface area contributed by atoms with Gasteiger partial charge < -0.3 is 12.0 Å². The molecule has 2 heteroatoms. The Morgan fingerprint density at radius 3 is 1.56 bits per heavy atom. The maximum absolute atomic E-state index is 9.53. The van der Waals surface area contributed by atoms with Crippen molar-refractivity contribution < 1.29 is 31.3 Å². The van der Waals surface area contributed by atoms with Gasteiger partial charge in [-0.2, -0.15) is 19.1 Å². The van der Waals surface area contributed by atoms with Crippen molar-refractivity contribution in [1.82, 2.24) is 0 Å². The summed E-state index contributed by atoms with van der Waals surface area (Å²) in [5.41, 5.74) is 0. The first-order valence-electron chi connectivity index (χ1n) is 6.14. The Morgan fingerprint density at radius 2 is 1.50 bits per heavy atom. The van der Waals surface area contributed by atoms with E-state index in [0.717, 1.165) is 25.7 Å². The zero-order valence-corrected chi connectivity index (χ0v) is 14.1. The molecule has 0 saturated heterocycles. The van der Waals surface area contributed by atoms with Crippen LogP contribution in [0.2, 0.25) is 0 Å². The van der Waals surface area contributed by atoms with E-state index in [-0.39, 0.29) is 32.8 Å². The van der Waals surface area contributed by atoms with E-state index < -0.39 is 0 Å². The van der Waals surface area contributed by atoms with Crippen LogP contribution in [0.3, 0.4) is 0 Å². The van der Waals surface area contributed by atoms with Crippen LogP contribution in [-0.2, 0) is 26.2 Å². The third-order valence-electron chi connectivity index (χ3n) is 1.67. The maximum Gasteiger partial charge on any atom is 4.00 e. The minimum absolute atomic E-state index is 0. The van der Waals surface area contributed by atoms with Crippen LogP contribution in [0.15, 0.2) is 36.5 Å². The van der Waals surface area contributed by atoms with E-state index in [1.807, 2.05) is 31.2 Å². The fraction of sp³-hybridized carbons (Fsp3) is 0.438. The Morgan fingerprint density at radius 1 is 1.06 bits per heavy atom. The van der Waals surface area contributed by atoms with Gasteiger partial charge in [-0.05, 0) is 0 Å². The van der Waals surface area contributed by atoms with Gasteiger partial charge in [-0.3, -0.25) is 12.2 Å². The third-order valence-corrected chi connectivity index (χ3v) is 1.67. The smallest absolute Gasteiger partial charge is 0.854 e. The zero-order valence-electron chi connectivity index (χ0n) is 11.6. The molecule has 2 rings (SSSR count). The molecular formula is C16H24OZr. The summed E-state index contributed by atoms with van der Waals surface area (Å²) in [5.74, 6) is 0. The number of unbranched alkanes of at least 4 members (excludes halogenated alkanes) is 1. The Bertz CT molecular complexity index is 183. The average Bonchev–Trinajstić information content (AvgIpc) is 3.11. The Kier molecular flexibility index (Phi) is 32.6. The van der Waals surface area contributed by atoms with Gasteiger partial charge in [-0.1, -0.05) is 19.8 Å². The molecule has 1 nitrogen and oxygen atoms in total. The zero-order chi connectivity index (χ0) is 13.2. The topological polar surface area (TPSA) is 23.1 Å². The molecule has 0 amide bonds. The summed E-state index contributed by atoms with van der Waals surface area (Å²) in [4.78, 5) is 0. The number of rotatable bonds is 2. The molecule has 2 aliphatic rings. The Labute approximate surface area is 133 Å². The van der Waals surface area contributed by atoms with Crippen molar-refractivity contribution in [2.75, 3.05) is 6.61 Å². The van der Waals surface area contributed by atoms with Crippen LogP contribution >= 0.6 is 0 Å². The normalized spacial score (nSPS) is 12.4. The minimum atomic E-state index is 0. The summed E-state index contributed by atoms with van der Waals surface area (Å²) in [7, 11) is 0. The van der Waals surface area contributed by atoms with E-state index >= 15 is 0 Å². The first-order valence-corrected chi connectivity index (χ1v) is 6.14. The van der Waals surface area contributed by atoms with E-state index in [1.54, 1.807) is 6.92 Å². The predicted octanol–water partition coefficient (Wildman–Crippen LogP) is 3.60. The molecule has 0 aliphatic heterocycles. The second kappa shape index (κ2) is 25.6. The summed E-state index contributed by atoms with van der Waals surface area (Å²) >= 11 is 0. The van der Waals surface area contributed by atoms with Crippen LogP contribution in [-0.4, -0.2) is 6.61 Å². The SMILES string of the molecule is CCCC[O-].[C-]1=CC=CC1.[C-]1=CC=CC1.[CH2-]C.[Zr+4]. The molecule has 0 bridgehead atoms. The molecule has 0 aromatic heterocycles. The van der Waals surface area contributed by atoms with Gasteiger partial charge >= 0.3 is 26.2 Å². The van der Waals surface area contributed by atoms with Crippen LogP contribution in [0, 0.1) is 19.1 Å². The van der Waals surface area contributed by atoms with Crippen LogP contribution in [0.25, 0.3) is 0 Å². The van der Waals surface area contributed by atoms with Crippen LogP contribution < -0.4 is 5.11 Å². The third kappa shape index (κ3) is 24.9. The van der Waals surface area contributed by atoms with Gasteiger partial charge in [0.25, 0.3) is 0 Å². The van der Waals surface area contributed by atoms with E-state index in [9.17, 15) is 5.11 Å². The second-order valence-electron chi connectivity index (χ2n) is 3.06. The van der Waals surface area contributed by atoms with Crippen molar-refractivity contribution in [3.63, 3.8) is 0 Å². The summed E-state index contributed by atoms with van der Waals surface area (Å²) in [6.45, 7) is 7.11. The standard InChI is InChI=1S/2C5H5.C4H9O.C2H5.Zr/c2*1-2-4-5-3-1;1-2-3-4-5;1-2;/h2*1-3H,4H2;2-4H2,1H3;1H2,2H3;/q4*-1;+4. The van der Waals surface area contributed by atoms with Gasteiger partial charge in [-0.15, -0.1) is 19.4 Å².